The number of hydrogen-bond acceptors (Lipinski definition) is 4. The predicted octanol–water partition coefficient (Wildman–Crippen LogP) is 0.0500. The Bertz CT molecular complexity index is 73.3. The first-order valence-corrected chi connectivity index (χ1v) is 2.69. The summed E-state index contributed by atoms with van der Waals surface area (Å²) in [6, 6.07) is 0. The molecule has 0 aromatic rings. The molecule has 0 N–H and O–H groups in total. The van der Waals surface area contributed by atoms with Crippen LogP contribution < -0.4 is 4.89 Å². The molecule has 0 aliphatic rings. The monoisotopic (exact) mass is 123 g/mol. The van der Waals surface area contributed by atoms with Gasteiger partial charge in [0.2, 0.25) is 0 Å². The highest BCUT2D eigenvalue weighted by Crippen LogP contribution is 2.11. The van der Waals surface area contributed by atoms with Crippen LogP contribution in [0.15, 0.2) is 4.91 Å². The highest BCUT2D eigenvalue weighted by Gasteiger charge is 1.89. The lowest BCUT2D eigenvalue weighted by atomic mass is 11.7. The molecule has 0 rings (SSSR count). The van der Waals surface area contributed by atoms with Crippen molar-refractivity contribution >= 4 is 8.17 Å². The Morgan fingerprint density at radius 1 is 1.57 bits per heavy atom. The molecule has 0 aromatic heterocycles. The van der Waals surface area contributed by atoms with E-state index < -0.39 is 8.17 Å². The predicted molar refractivity (Wildman–Crippen MR) is 23.4 cm³/mol. The van der Waals surface area contributed by atoms with E-state index in [9.17, 15) is 4.89 Å². The van der Waals surface area contributed by atoms with Crippen LogP contribution in [0.25, 0.3) is 0 Å². The molecule has 0 spiro atoms. The fraction of sp³-hybridized carbons (Fsp3) is 1.00. The number of nitrogens with zero attached hydrogens (tertiary/aromatic N) is 1. The van der Waals surface area contributed by atoms with Crippen LogP contribution in [0.5, 0.6) is 0 Å². The third kappa shape index (κ3) is 3.82. The van der Waals surface area contributed by atoms with Gasteiger partial charge in [0.1, 0.15) is 0 Å². The van der Waals surface area contributed by atoms with Crippen LogP contribution in [0.2, 0.25) is 0 Å². The molecule has 1 unspecified atom stereocenters. The fourth-order valence-corrected chi connectivity index (χ4v) is 0.300. The van der Waals surface area contributed by atoms with Gasteiger partial charge in [-0.05, 0) is 0 Å². The summed E-state index contributed by atoms with van der Waals surface area (Å²) in [5.41, 5.74) is 0. The molecule has 4 nitrogen and oxygen atoms in total. The summed E-state index contributed by atoms with van der Waals surface area (Å²) in [5.74, 6) is 0. The van der Waals surface area contributed by atoms with Crippen LogP contribution in [0.3, 0.4) is 0 Å². The van der Waals surface area contributed by atoms with Crippen molar-refractivity contribution in [3.8, 4) is 0 Å². The number of rotatable bonds is 2. The second kappa shape index (κ2) is 4.15. The van der Waals surface area contributed by atoms with Crippen LogP contribution in [0.1, 0.15) is 0 Å². The molecule has 0 bridgehead atoms. The Labute approximate surface area is 42.7 Å². The third-order valence-electron chi connectivity index (χ3n) is 0.305. The maximum Gasteiger partial charge on any atom is 0.375 e. The van der Waals surface area contributed by atoms with Crippen molar-refractivity contribution in [3.05, 3.63) is 0 Å². The molecule has 5 heteroatoms. The molecule has 0 amide bonds. The van der Waals surface area contributed by atoms with Gasteiger partial charge in [0.15, 0.2) is 0 Å². The van der Waals surface area contributed by atoms with E-state index in [2.05, 4.69) is 14.3 Å². The van der Waals surface area contributed by atoms with Crippen molar-refractivity contribution in [2.45, 2.75) is 0 Å². The highest BCUT2D eigenvalue weighted by molar-refractivity contribution is 7.33. The van der Waals surface area contributed by atoms with Crippen LogP contribution in [0.4, 0.5) is 0 Å². The molecule has 0 radical (unpaired) electrons. The summed E-state index contributed by atoms with van der Waals surface area (Å²) in [6.45, 7) is 0. The summed E-state index contributed by atoms with van der Waals surface area (Å²) in [6.07, 6.45) is 0. The SMILES string of the molecule is CO/N=[P+](/[O-])OC. The molecule has 0 heterocycles. The Balaban J connectivity index is 3.29. The third-order valence-corrected chi connectivity index (χ3v) is 0.914. The van der Waals surface area contributed by atoms with E-state index in [4.69, 9.17) is 0 Å². The first kappa shape index (κ1) is 6.98. The van der Waals surface area contributed by atoms with Crippen molar-refractivity contribution in [2.24, 2.45) is 4.91 Å². The van der Waals surface area contributed by atoms with Crippen LogP contribution >= 0.6 is 8.17 Å². The van der Waals surface area contributed by atoms with E-state index in [0.29, 0.717) is 0 Å². The Morgan fingerprint density at radius 2 is 2.14 bits per heavy atom. The Hall–Kier alpha value is -0.0200. The summed E-state index contributed by atoms with van der Waals surface area (Å²) in [7, 11) is 0.679. The lowest BCUT2D eigenvalue weighted by Crippen LogP contribution is -1.86. The van der Waals surface area contributed by atoms with E-state index in [1.54, 1.807) is 0 Å². The minimum absolute atomic E-state index is 1.29. The largest absolute Gasteiger partial charge is 0.582 e. The van der Waals surface area contributed by atoms with Crippen molar-refractivity contribution in [1.82, 2.24) is 0 Å². The minimum Gasteiger partial charge on any atom is -0.582 e. The van der Waals surface area contributed by atoms with Gasteiger partial charge < -0.3 is 4.89 Å². The van der Waals surface area contributed by atoms with Gasteiger partial charge in [-0.15, -0.1) is 0 Å². The van der Waals surface area contributed by atoms with Crippen LogP contribution in [-0.2, 0) is 9.36 Å². The molecule has 1 atom stereocenters. The molecule has 42 valence electrons. The van der Waals surface area contributed by atoms with Gasteiger partial charge in [0, 0.05) is 0 Å². The number of hydrogen-bond donors (Lipinski definition) is 0. The Morgan fingerprint density at radius 3 is 2.29 bits per heavy atom. The molecule has 7 heavy (non-hydrogen) atoms. The van der Waals surface area contributed by atoms with E-state index in [1.807, 2.05) is 0 Å². The second-order valence-electron chi connectivity index (χ2n) is 0.685. The summed E-state index contributed by atoms with van der Waals surface area (Å²) < 4.78 is 4.21. The van der Waals surface area contributed by atoms with Gasteiger partial charge in [-0.25, -0.2) is 4.84 Å². The molecule has 0 fully saturated rings. The lowest BCUT2D eigenvalue weighted by molar-refractivity contribution is -0.176. The van der Waals surface area contributed by atoms with Crippen LogP contribution in [0, 0.1) is 0 Å². The molecular formula is C2H6NO3P. The molecule has 0 saturated carbocycles. The standard InChI is InChI=1S/C2H6NO3P/c1-5-3-7(4)6-2/h1-2H3. The topological polar surface area (TPSA) is 53.9 Å². The van der Waals surface area contributed by atoms with Gasteiger partial charge in [-0.1, -0.05) is 0 Å². The van der Waals surface area contributed by atoms with Gasteiger partial charge in [0.05, 0.1) is 19.1 Å². The van der Waals surface area contributed by atoms with Crippen molar-refractivity contribution in [3.63, 3.8) is 0 Å². The molecule has 0 aliphatic heterocycles. The Kier molecular flexibility index (Phi) is 4.14. The maximum atomic E-state index is 10.0. The fourth-order valence-electron chi connectivity index (χ4n) is 0.100. The van der Waals surface area contributed by atoms with E-state index >= 15 is 0 Å². The second-order valence-corrected chi connectivity index (χ2v) is 1.69. The quantitative estimate of drug-likeness (QED) is 0.385. The first-order valence-electron chi connectivity index (χ1n) is 1.56. The normalized spacial score (nSPS) is 12.1. The summed E-state index contributed by atoms with van der Waals surface area (Å²) in [4.78, 5) is 17.2. The van der Waals surface area contributed by atoms with E-state index in [-0.39, 0.29) is 0 Å². The first-order chi connectivity index (χ1) is 3.31. The zero-order valence-corrected chi connectivity index (χ0v) is 5.01. The average Bonchev–Trinajstić information content (AvgIpc) is 1.68. The van der Waals surface area contributed by atoms with Gasteiger partial charge >= 0.3 is 8.17 Å². The van der Waals surface area contributed by atoms with Crippen molar-refractivity contribution in [2.75, 3.05) is 14.2 Å². The lowest BCUT2D eigenvalue weighted by Gasteiger charge is -1.82. The zero-order chi connectivity index (χ0) is 5.70. The van der Waals surface area contributed by atoms with Crippen molar-refractivity contribution in [1.29, 1.82) is 0 Å². The highest BCUT2D eigenvalue weighted by atomic mass is 31.1. The average molecular weight is 123 g/mol. The maximum absolute atomic E-state index is 10.0. The van der Waals surface area contributed by atoms with Crippen molar-refractivity contribution < 1.29 is 14.3 Å². The van der Waals surface area contributed by atoms with Gasteiger partial charge in [-0.3, -0.25) is 0 Å². The van der Waals surface area contributed by atoms with E-state index in [0.717, 1.165) is 0 Å². The molecule has 0 aliphatic carbocycles. The summed E-state index contributed by atoms with van der Waals surface area (Å²) in [5, 5.41) is 0. The summed E-state index contributed by atoms with van der Waals surface area (Å²) >= 11 is 0. The van der Waals surface area contributed by atoms with E-state index in [1.165, 1.54) is 14.2 Å². The van der Waals surface area contributed by atoms with Gasteiger partial charge in [0.25, 0.3) is 0 Å². The minimum atomic E-state index is -1.93. The van der Waals surface area contributed by atoms with Crippen LogP contribution in [-0.4, -0.2) is 14.2 Å². The molecular weight excluding hydrogens is 117 g/mol. The smallest absolute Gasteiger partial charge is 0.375 e. The zero-order valence-electron chi connectivity index (χ0n) is 4.12. The molecule has 0 saturated heterocycles. The van der Waals surface area contributed by atoms with Gasteiger partial charge in [-0.2, -0.15) is 4.52 Å². The molecule has 0 aromatic carbocycles.